The van der Waals surface area contributed by atoms with Gasteiger partial charge in [-0.15, -0.1) is 11.3 Å². The van der Waals surface area contributed by atoms with E-state index in [0.29, 0.717) is 11.6 Å². The third-order valence-electron chi connectivity index (χ3n) is 4.46. The summed E-state index contributed by atoms with van der Waals surface area (Å²) in [6, 6.07) is 11.7. The molecule has 1 aromatic carbocycles. The minimum absolute atomic E-state index is 0.185. The second kappa shape index (κ2) is 7.02. The highest BCUT2D eigenvalue weighted by Crippen LogP contribution is 2.30. The zero-order chi connectivity index (χ0) is 17.2. The van der Waals surface area contributed by atoms with Gasteiger partial charge in [0.15, 0.2) is 0 Å². The number of nitrogens with zero attached hydrogens (tertiary/aromatic N) is 3. The van der Waals surface area contributed by atoms with Crippen LogP contribution < -0.4 is 0 Å². The molecular formula is C19H18ClN3OS. The lowest BCUT2D eigenvalue weighted by Gasteiger charge is -2.16. The Bertz CT molecular complexity index is 878. The van der Waals surface area contributed by atoms with Crippen molar-refractivity contribution in [2.75, 3.05) is 13.1 Å². The van der Waals surface area contributed by atoms with Crippen LogP contribution in [0.5, 0.6) is 0 Å². The van der Waals surface area contributed by atoms with Crippen LogP contribution in [-0.4, -0.2) is 33.4 Å². The summed E-state index contributed by atoms with van der Waals surface area (Å²) in [5, 5.41) is 3.68. The Morgan fingerprint density at radius 3 is 2.68 bits per heavy atom. The molecule has 128 valence electrons. The number of thiazole rings is 1. The molecular weight excluding hydrogens is 354 g/mol. The number of amides is 1. The molecule has 4 nitrogen and oxygen atoms in total. The van der Waals surface area contributed by atoms with E-state index < -0.39 is 0 Å². The first kappa shape index (κ1) is 16.4. The van der Waals surface area contributed by atoms with Crippen LogP contribution in [-0.2, 0) is 11.3 Å². The van der Waals surface area contributed by atoms with Crippen LogP contribution in [0.25, 0.3) is 22.0 Å². The number of rotatable bonds is 4. The number of hydrogen-bond acceptors (Lipinski definition) is 3. The molecule has 0 spiro atoms. The standard InChI is InChI=1S/C19H18ClN3OS/c20-15-7-5-14(6-8-15)16-13-25-19(21-16)17-4-3-11-23(17)12-18(24)22-9-1-2-10-22/h3-8,11,13H,1-2,9-10,12H2. The first-order valence-electron chi connectivity index (χ1n) is 8.35. The maximum atomic E-state index is 12.4. The smallest absolute Gasteiger partial charge is 0.242 e. The van der Waals surface area contributed by atoms with Crippen LogP contribution in [0.3, 0.4) is 0 Å². The van der Waals surface area contributed by atoms with E-state index >= 15 is 0 Å². The summed E-state index contributed by atoms with van der Waals surface area (Å²) in [7, 11) is 0. The number of aromatic nitrogens is 2. The van der Waals surface area contributed by atoms with Crippen molar-refractivity contribution < 1.29 is 4.79 Å². The van der Waals surface area contributed by atoms with Gasteiger partial charge in [0, 0.05) is 35.3 Å². The zero-order valence-corrected chi connectivity index (χ0v) is 15.3. The Morgan fingerprint density at radius 2 is 1.92 bits per heavy atom. The SMILES string of the molecule is O=C(Cn1cccc1-c1nc(-c2ccc(Cl)cc2)cs1)N1CCCC1. The highest BCUT2D eigenvalue weighted by Gasteiger charge is 2.19. The maximum absolute atomic E-state index is 12.4. The van der Waals surface area contributed by atoms with E-state index in [9.17, 15) is 4.79 Å². The van der Waals surface area contributed by atoms with Gasteiger partial charge < -0.3 is 9.47 Å². The minimum Gasteiger partial charge on any atom is -0.341 e. The largest absolute Gasteiger partial charge is 0.341 e. The monoisotopic (exact) mass is 371 g/mol. The molecule has 3 aromatic rings. The Hall–Kier alpha value is -2.11. The Morgan fingerprint density at radius 1 is 1.16 bits per heavy atom. The first-order valence-corrected chi connectivity index (χ1v) is 9.61. The second-order valence-corrected chi connectivity index (χ2v) is 7.45. The van der Waals surface area contributed by atoms with Gasteiger partial charge in [0.2, 0.25) is 5.91 Å². The van der Waals surface area contributed by atoms with Gasteiger partial charge in [0.25, 0.3) is 0 Å². The topological polar surface area (TPSA) is 38.1 Å². The van der Waals surface area contributed by atoms with E-state index in [1.54, 1.807) is 11.3 Å². The zero-order valence-electron chi connectivity index (χ0n) is 13.7. The predicted molar refractivity (Wildman–Crippen MR) is 102 cm³/mol. The third kappa shape index (κ3) is 3.48. The summed E-state index contributed by atoms with van der Waals surface area (Å²) >= 11 is 7.54. The fourth-order valence-electron chi connectivity index (χ4n) is 3.10. The fraction of sp³-hybridized carbons (Fsp3) is 0.263. The van der Waals surface area contributed by atoms with Gasteiger partial charge in [0.05, 0.1) is 11.4 Å². The number of carbonyl (C=O) groups excluding carboxylic acids is 1. The Balaban J connectivity index is 1.56. The molecule has 0 N–H and O–H groups in total. The van der Waals surface area contributed by atoms with E-state index in [2.05, 4.69) is 0 Å². The van der Waals surface area contributed by atoms with E-state index in [1.807, 2.05) is 57.4 Å². The van der Waals surface area contributed by atoms with Crippen molar-refractivity contribution in [1.29, 1.82) is 0 Å². The second-order valence-electron chi connectivity index (χ2n) is 6.15. The molecule has 1 fully saturated rings. The van der Waals surface area contributed by atoms with Crippen molar-refractivity contribution in [3.05, 3.63) is 53.0 Å². The molecule has 0 unspecified atom stereocenters. The van der Waals surface area contributed by atoms with Gasteiger partial charge in [0.1, 0.15) is 11.6 Å². The molecule has 0 aliphatic carbocycles. The van der Waals surface area contributed by atoms with E-state index in [4.69, 9.17) is 16.6 Å². The summed E-state index contributed by atoms with van der Waals surface area (Å²) in [4.78, 5) is 19.1. The summed E-state index contributed by atoms with van der Waals surface area (Å²) in [5.41, 5.74) is 2.95. The molecule has 4 rings (SSSR count). The lowest BCUT2D eigenvalue weighted by Crippen LogP contribution is -2.31. The molecule has 0 radical (unpaired) electrons. The van der Waals surface area contributed by atoms with Crippen molar-refractivity contribution in [2.45, 2.75) is 19.4 Å². The molecule has 0 saturated carbocycles. The Labute approximate surface area is 155 Å². The van der Waals surface area contributed by atoms with Gasteiger partial charge in [-0.25, -0.2) is 4.98 Å². The average molecular weight is 372 g/mol. The lowest BCUT2D eigenvalue weighted by molar-refractivity contribution is -0.130. The van der Waals surface area contributed by atoms with Crippen LogP contribution in [0.4, 0.5) is 0 Å². The van der Waals surface area contributed by atoms with Gasteiger partial charge in [-0.2, -0.15) is 0 Å². The molecule has 25 heavy (non-hydrogen) atoms. The molecule has 6 heteroatoms. The number of halogens is 1. The van der Waals surface area contributed by atoms with Crippen molar-refractivity contribution in [3.63, 3.8) is 0 Å². The van der Waals surface area contributed by atoms with E-state index in [-0.39, 0.29) is 5.91 Å². The summed E-state index contributed by atoms with van der Waals surface area (Å²) in [6.45, 7) is 2.14. The number of carbonyl (C=O) groups is 1. The Kier molecular flexibility index (Phi) is 4.59. The van der Waals surface area contributed by atoms with Crippen LogP contribution >= 0.6 is 22.9 Å². The van der Waals surface area contributed by atoms with Crippen LogP contribution in [0.2, 0.25) is 5.02 Å². The fourth-order valence-corrected chi connectivity index (χ4v) is 4.10. The van der Waals surface area contributed by atoms with Crippen LogP contribution in [0.15, 0.2) is 48.0 Å². The number of likely N-dealkylation sites (tertiary alicyclic amines) is 1. The normalized spacial score (nSPS) is 14.2. The molecule has 0 atom stereocenters. The van der Waals surface area contributed by atoms with E-state index in [1.165, 1.54) is 0 Å². The first-order chi connectivity index (χ1) is 12.2. The lowest BCUT2D eigenvalue weighted by atomic mass is 10.2. The van der Waals surface area contributed by atoms with Crippen molar-refractivity contribution >= 4 is 28.8 Å². The molecule has 3 heterocycles. The van der Waals surface area contributed by atoms with Crippen molar-refractivity contribution in [3.8, 4) is 22.0 Å². The highest BCUT2D eigenvalue weighted by molar-refractivity contribution is 7.13. The summed E-state index contributed by atoms with van der Waals surface area (Å²) < 4.78 is 1.99. The minimum atomic E-state index is 0.185. The number of hydrogen-bond donors (Lipinski definition) is 0. The quantitative estimate of drug-likeness (QED) is 0.674. The summed E-state index contributed by atoms with van der Waals surface area (Å²) in [6.07, 6.45) is 4.18. The maximum Gasteiger partial charge on any atom is 0.242 e. The molecule has 0 bridgehead atoms. The molecule has 1 aliphatic rings. The predicted octanol–water partition coefficient (Wildman–Crippen LogP) is 4.55. The van der Waals surface area contributed by atoms with Crippen LogP contribution in [0, 0.1) is 0 Å². The van der Waals surface area contributed by atoms with Crippen molar-refractivity contribution in [1.82, 2.24) is 14.5 Å². The van der Waals surface area contributed by atoms with Gasteiger partial charge >= 0.3 is 0 Å². The summed E-state index contributed by atoms with van der Waals surface area (Å²) in [5.74, 6) is 0.185. The van der Waals surface area contributed by atoms with E-state index in [0.717, 1.165) is 47.9 Å². The molecule has 2 aromatic heterocycles. The van der Waals surface area contributed by atoms with Crippen molar-refractivity contribution in [2.24, 2.45) is 0 Å². The molecule has 1 saturated heterocycles. The average Bonchev–Trinajstić information content (AvgIpc) is 3.36. The van der Waals surface area contributed by atoms with Gasteiger partial charge in [-0.3, -0.25) is 4.79 Å². The number of benzene rings is 1. The molecule has 1 amide bonds. The van der Waals surface area contributed by atoms with Gasteiger partial charge in [-0.1, -0.05) is 23.7 Å². The van der Waals surface area contributed by atoms with Crippen LogP contribution in [0.1, 0.15) is 12.8 Å². The highest BCUT2D eigenvalue weighted by atomic mass is 35.5. The third-order valence-corrected chi connectivity index (χ3v) is 5.57. The molecule has 1 aliphatic heterocycles. The van der Waals surface area contributed by atoms with Gasteiger partial charge in [-0.05, 0) is 37.1 Å².